The van der Waals surface area contributed by atoms with E-state index < -0.39 is 10.0 Å². The molecule has 0 spiro atoms. The van der Waals surface area contributed by atoms with Gasteiger partial charge in [-0.15, -0.1) is 0 Å². The van der Waals surface area contributed by atoms with Crippen molar-refractivity contribution in [3.05, 3.63) is 64.7 Å². The van der Waals surface area contributed by atoms with Gasteiger partial charge in [0, 0.05) is 43.3 Å². The van der Waals surface area contributed by atoms with Crippen LogP contribution in [0.3, 0.4) is 0 Å². The van der Waals surface area contributed by atoms with Gasteiger partial charge in [-0.05, 0) is 69.9 Å². The maximum Gasteiger partial charge on any atom is 0.254 e. The van der Waals surface area contributed by atoms with Crippen molar-refractivity contribution in [2.75, 3.05) is 34.2 Å². The van der Waals surface area contributed by atoms with Crippen molar-refractivity contribution < 1.29 is 13.2 Å². The molecule has 0 bridgehead atoms. The van der Waals surface area contributed by atoms with Crippen LogP contribution in [0.2, 0.25) is 5.02 Å². The Labute approximate surface area is 185 Å². The van der Waals surface area contributed by atoms with Crippen molar-refractivity contribution in [3.63, 3.8) is 0 Å². The fraction of sp³-hybridized carbons (Fsp3) is 0.409. The van der Waals surface area contributed by atoms with Gasteiger partial charge >= 0.3 is 0 Å². The number of hydrogen-bond donors (Lipinski definition) is 0. The van der Waals surface area contributed by atoms with E-state index in [4.69, 9.17) is 11.6 Å². The lowest BCUT2D eigenvalue weighted by molar-refractivity contribution is 0.0732. The quantitative estimate of drug-likeness (QED) is 0.584. The smallest absolute Gasteiger partial charge is 0.254 e. The first kappa shape index (κ1) is 24.3. The molecule has 0 aliphatic carbocycles. The second kappa shape index (κ2) is 10.4. The molecule has 0 atom stereocenters. The number of carbonyl (C=O) groups excluding carboxylic acids is 1. The number of likely N-dealkylation sites (N-methyl/N-ethyl adjacent to an activating group) is 1. The summed E-state index contributed by atoms with van der Waals surface area (Å²) >= 11 is 5.96. The molecular weight excluding hydrogens is 422 g/mol. The van der Waals surface area contributed by atoms with Crippen LogP contribution in [0.25, 0.3) is 0 Å². The fourth-order valence-corrected chi connectivity index (χ4v) is 4.27. The SMILES string of the molecule is CC(C)N(C)S(=O)(=O)c1ccc(C(=O)N(CCN(C)C)Cc2ccc(Cl)cc2)cc1. The van der Waals surface area contributed by atoms with Gasteiger partial charge in [-0.2, -0.15) is 4.31 Å². The molecule has 0 heterocycles. The van der Waals surface area contributed by atoms with Gasteiger partial charge < -0.3 is 9.80 Å². The van der Waals surface area contributed by atoms with E-state index in [1.54, 1.807) is 36.2 Å². The molecule has 0 aliphatic heterocycles. The highest BCUT2D eigenvalue weighted by Crippen LogP contribution is 2.19. The lowest BCUT2D eigenvalue weighted by Gasteiger charge is -2.25. The molecule has 6 nitrogen and oxygen atoms in total. The average Bonchev–Trinajstić information content (AvgIpc) is 2.71. The molecule has 0 aromatic heterocycles. The lowest BCUT2D eigenvalue weighted by Crippen LogP contribution is -2.36. The molecule has 164 valence electrons. The average molecular weight is 452 g/mol. The molecule has 2 aromatic rings. The second-order valence-electron chi connectivity index (χ2n) is 7.80. The molecule has 0 radical (unpaired) electrons. The van der Waals surface area contributed by atoms with Gasteiger partial charge in [0.15, 0.2) is 0 Å². The largest absolute Gasteiger partial charge is 0.333 e. The Morgan fingerprint density at radius 2 is 1.50 bits per heavy atom. The number of hydrogen-bond acceptors (Lipinski definition) is 4. The molecule has 2 rings (SSSR count). The molecule has 0 aliphatic rings. The van der Waals surface area contributed by atoms with Crippen molar-refractivity contribution >= 4 is 27.5 Å². The third kappa shape index (κ3) is 6.28. The normalized spacial score (nSPS) is 12.0. The van der Waals surface area contributed by atoms with Gasteiger partial charge in [-0.3, -0.25) is 4.79 Å². The van der Waals surface area contributed by atoms with E-state index in [1.165, 1.54) is 16.4 Å². The molecule has 0 saturated carbocycles. The molecule has 0 unspecified atom stereocenters. The zero-order chi connectivity index (χ0) is 22.5. The van der Waals surface area contributed by atoms with Crippen molar-refractivity contribution in [2.45, 2.75) is 31.3 Å². The minimum absolute atomic E-state index is 0.145. The molecule has 30 heavy (non-hydrogen) atoms. The summed E-state index contributed by atoms with van der Waals surface area (Å²) in [6, 6.07) is 13.4. The van der Waals surface area contributed by atoms with E-state index in [2.05, 4.69) is 0 Å². The maximum absolute atomic E-state index is 13.2. The van der Waals surface area contributed by atoms with Crippen LogP contribution < -0.4 is 0 Å². The van der Waals surface area contributed by atoms with Crippen molar-refractivity contribution in [2.24, 2.45) is 0 Å². The van der Waals surface area contributed by atoms with Crippen LogP contribution in [-0.4, -0.2) is 68.7 Å². The second-order valence-corrected chi connectivity index (χ2v) is 10.2. The monoisotopic (exact) mass is 451 g/mol. The minimum Gasteiger partial charge on any atom is -0.333 e. The first-order chi connectivity index (χ1) is 14.0. The minimum atomic E-state index is -3.59. The topological polar surface area (TPSA) is 60.9 Å². The van der Waals surface area contributed by atoms with E-state index in [0.717, 1.165) is 5.56 Å². The molecule has 2 aromatic carbocycles. The Bertz CT molecular complexity index is 943. The number of carbonyl (C=O) groups is 1. The van der Waals surface area contributed by atoms with Gasteiger partial charge in [-0.1, -0.05) is 23.7 Å². The first-order valence-electron chi connectivity index (χ1n) is 9.79. The van der Waals surface area contributed by atoms with Crippen LogP contribution in [-0.2, 0) is 16.6 Å². The molecule has 0 fully saturated rings. The predicted molar refractivity (Wildman–Crippen MR) is 121 cm³/mol. The Kier molecular flexibility index (Phi) is 8.43. The number of nitrogens with zero attached hydrogens (tertiary/aromatic N) is 3. The molecule has 1 amide bonds. The molecule has 8 heteroatoms. The Hall–Kier alpha value is -1.93. The molecular formula is C22H30ClN3O3S. The summed E-state index contributed by atoms with van der Waals surface area (Å²) < 4.78 is 26.6. The summed E-state index contributed by atoms with van der Waals surface area (Å²) in [5.41, 5.74) is 1.43. The van der Waals surface area contributed by atoms with Crippen molar-refractivity contribution in [3.8, 4) is 0 Å². The lowest BCUT2D eigenvalue weighted by atomic mass is 10.1. The van der Waals surface area contributed by atoms with Gasteiger partial charge in [0.2, 0.25) is 10.0 Å². The summed E-state index contributed by atoms with van der Waals surface area (Å²) in [5, 5.41) is 0.646. The summed E-state index contributed by atoms with van der Waals surface area (Å²) in [6.07, 6.45) is 0. The zero-order valence-electron chi connectivity index (χ0n) is 18.2. The van der Waals surface area contributed by atoms with Gasteiger partial charge in [0.05, 0.1) is 4.90 Å². The van der Waals surface area contributed by atoms with Crippen LogP contribution in [0, 0.1) is 0 Å². The Balaban J connectivity index is 2.25. The van der Waals surface area contributed by atoms with Crippen LogP contribution in [0.5, 0.6) is 0 Å². The number of benzene rings is 2. The number of rotatable bonds is 9. The summed E-state index contributed by atoms with van der Waals surface area (Å²) in [6.45, 7) is 5.33. The van der Waals surface area contributed by atoms with E-state index in [1.807, 2.05) is 45.0 Å². The third-order valence-corrected chi connectivity index (χ3v) is 7.20. The van der Waals surface area contributed by atoms with E-state index >= 15 is 0 Å². The summed E-state index contributed by atoms with van der Waals surface area (Å²) in [7, 11) is 1.87. The number of sulfonamides is 1. The van der Waals surface area contributed by atoms with Crippen molar-refractivity contribution in [1.29, 1.82) is 0 Å². The van der Waals surface area contributed by atoms with Gasteiger partial charge in [0.25, 0.3) is 5.91 Å². The molecule has 0 N–H and O–H groups in total. The summed E-state index contributed by atoms with van der Waals surface area (Å²) in [5.74, 6) is -0.145. The van der Waals surface area contributed by atoms with Crippen molar-refractivity contribution in [1.82, 2.24) is 14.1 Å². The van der Waals surface area contributed by atoms with Gasteiger partial charge in [-0.25, -0.2) is 8.42 Å². The van der Waals surface area contributed by atoms with Gasteiger partial charge in [0.1, 0.15) is 0 Å². The maximum atomic E-state index is 13.2. The van der Waals surface area contributed by atoms with E-state index in [0.29, 0.717) is 30.2 Å². The molecule has 0 saturated heterocycles. The van der Waals surface area contributed by atoms with E-state index in [-0.39, 0.29) is 16.8 Å². The van der Waals surface area contributed by atoms with Crippen LogP contribution in [0.1, 0.15) is 29.8 Å². The first-order valence-corrected chi connectivity index (χ1v) is 11.6. The fourth-order valence-electron chi connectivity index (χ4n) is 2.78. The highest BCUT2D eigenvalue weighted by Gasteiger charge is 2.24. The van der Waals surface area contributed by atoms with E-state index in [9.17, 15) is 13.2 Å². The zero-order valence-corrected chi connectivity index (χ0v) is 19.7. The third-order valence-electron chi connectivity index (χ3n) is 4.90. The van der Waals surface area contributed by atoms with Crippen LogP contribution in [0.15, 0.2) is 53.4 Å². The Morgan fingerprint density at radius 1 is 0.933 bits per heavy atom. The number of halogens is 1. The van der Waals surface area contributed by atoms with Crippen LogP contribution >= 0.6 is 11.6 Å². The summed E-state index contributed by atoms with van der Waals surface area (Å²) in [4.78, 5) is 17.1. The number of amides is 1. The highest BCUT2D eigenvalue weighted by molar-refractivity contribution is 7.89. The standard InChI is InChI=1S/C22H30ClN3O3S/c1-17(2)25(5)30(28,29)21-12-8-19(9-13-21)22(27)26(15-14-24(3)4)16-18-6-10-20(23)11-7-18/h6-13,17H,14-16H2,1-5H3. The predicted octanol–water partition coefficient (Wildman–Crippen LogP) is 3.57. The highest BCUT2D eigenvalue weighted by atomic mass is 35.5. The Morgan fingerprint density at radius 3 is 2.00 bits per heavy atom. The van der Waals surface area contributed by atoms with Crippen LogP contribution in [0.4, 0.5) is 0 Å².